The number of hydrogen-bond donors (Lipinski definition) is 3. The zero-order valence-electron chi connectivity index (χ0n) is 19.0. The lowest BCUT2D eigenvalue weighted by Gasteiger charge is -2.28. The Labute approximate surface area is 193 Å². The number of aromatic nitrogens is 3. The Balaban J connectivity index is 1.71. The Bertz CT molecular complexity index is 1140. The number of nitrogens with zero attached hydrogens (tertiary/aromatic N) is 6. The Morgan fingerprint density at radius 1 is 1.21 bits per heavy atom. The lowest BCUT2D eigenvalue weighted by atomic mass is 10.1. The van der Waals surface area contributed by atoms with E-state index < -0.39 is 0 Å². The maximum Gasteiger partial charge on any atom is 0.162 e. The zero-order chi connectivity index (χ0) is 23.4. The number of benzene rings is 1. The normalized spacial score (nSPS) is 14.8. The van der Waals surface area contributed by atoms with Crippen molar-refractivity contribution in [1.82, 2.24) is 24.9 Å². The summed E-state index contributed by atoms with van der Waals surface area (Å²) in [6.07, 6.45) is 3.51. The standard InChI is InChI=1S/C23H30N8O2/c1-29(2)14-18(24)15-31(25)13-16-10-20-21(26-12-16)23(30-6-8-33-9-7-30)28-22(27-20)17-4-3-5-19(32)11-17/h3-5,10-12,15,32H,6-9,13-14,24-25H2,1-2H3/b18-15-. The summed E-state index contributed by atoms with van der Waals surface area (Å²) in [5.41, 5.74) is 9.77. The predicted molar refractivity (Wildman–Crippen MR) is 128 cm³/mol. The summed E-state index contributed by atoms with van der Waals surface area (Å²) in [5, 5.41) is 11.5. The van der Waals surface area contributed by atoms with Crippen molar-refractivity contribution in [2.24, 2.45) is 11.6 Å². The van der Waals surface area contributed by atoms with Crippen LogP contribution in [-0.4, -0.2) is 76.9 Å². The van der Waals surface area contributed by atoms with E-state index in [0.29, 0.717) is 43.3 Å². The van der Waals surface area contributed by atoms with Crippen LogP contribution in [0.25, 0.3) is 22.4 Å². The Kier molecular flexibility index (Phi) is 6.87. The molecule has 4 rings (SSSR count). The number of morpholine rings is 1. The molecule has 3 heterocycles. The van der Waals surface area contributed by atoms with E-state index in [-0.39, 0.29) is 5.75 Å². The molecule has 174 valence electrons. The van der Waals surface area contributed by atoms with Gasteiger partial charge in [-0.25, -0.2) is 15.8 Å². The number of hydrogen-bond acceptors (Lipinski definition) is 10. The Morgan fingerprint density at radius 2 is 2.00 bits per heavy atom. The van der Waals surface area contributed by atoms with E-state index in [1.165, 1.54) is 0 Å². The molecule has 3 aromatic rings. The number of phenols is 1. The molecule has 10 heteroatoms. The smallest absolute Gasteiger partial charge is 0.162 e. The Morgan fingerprint density at radius 3 is 2.73 bits per heavy atom. The number of aromatic hydroxyl groups is 1. The molecule has 1 saturated heterocycles. The van der Waals surface area contributed by atoms with Crippen molar-refractivity contribution in [3.05, 3.63) is 54.0 Å². The molecule has 10 nitrogen and oxygen atoms in total. The SMILES string of the molecule is CN(C)C/C(N)=C/N(N)Cc1cnc2c(N3CCOCC3)nc(-c3cccc(O)c3)nc2c1. The zero-order valence-corrected chi connectivity index (χ0v) is 19.0. The van der Waals surface area contributed by atoms with Crippen LogP contribution in [0.15, 0.2) is 48.4 Å². The topological polar surface area (TPSA) is 130 Å². The summed E-state index contributed by atoms with van der Waals surface area (Å²) >= 11 is 0. The third kappa shape index (κ3) is 5.67. The van der Waals surface area contributed by atoms with Crippen molar-refractivity contribution in [2.75, 3.05) is 51.8 Å². The summed E-state index contributed by atoms with van der Waals surface area (Å²) in [5.74, 6) is 7.61. The van der Waals surface area contributed by atoms with E-state index in [9.17, 15) is 5.11 Å². The third-order valence-corrected chi connectivity index (χ3v) is 5.18. The quantitative estimate of drug-likeness (QED) is 0.357. The van der Waals surface area contributed by atoms with Gasteiger partial charge in [0.25, 0.3) is 0 Å². The molecule has 1 fully saturated rings. The summed E-state index contributed by atoms with van der Waals surface area (Å²) in [6, 6.07) is 8.90. The number of ether oxygens (including phenoxy) is 1. The van der Waals surface area contributed by atoms with Crippen molar-refractivity contribution >= 4 is 16.9 Å². The molecule has 0 aliphatic carbocycles. The van der Waals surface area contributed by atoms with E-state index in [1.54, 1.807) is 35.6 Å². The van der Waals surface area contributed by atoms with E-state index in [2.05, 4.69) is 9.88 Å². The van der Waals surface area contributed by atoms with Crippen molar-refractivity contribution in [3.8, 4) is 17.1 Å². The maximum absolute atomic E-state index is 9.94. The molecule has 0 atom stereocenters. The van der Waals surface area contributed by atoms with Gasteiger partial charge < -0.3 is 30.4 Å². The number of fused-ring (bicyclic) bond motifs is 1. The van der Waals surface area contributed by atoms with Gasteiger partial charge >= 0.3 is 0 Å². The molecule has 0 spiro atoms. The van der Waals surface area contributed by atoms with Gasteiger partial charge in [0.2, 0.25) is 0 Å². The summed E-state index contributed by atoms with van der Waals surface area (Å²) < 4.78 is 5.51. The molecular weight excluding hydrogens is 420 g/mol. The van der Waals surface area contributed by atoms with Gasteiger partial charge in [-0.2, -0.15) is 0 Å². The number of phenolic OH excluding ortho intramolecular Hbond substituents is 1. The van der Waals surface area contributed by atoms with E-state index in [4.69, 9.17) is 26.3 Å². The highest BCUT2D eigenvalue weighted by Gasteiger charge is 2.19. The average molecular weight is 451 g/mol. The lowest BCUT2D eigenvalue weighted by Crippen LogP contribution is -2.37. The predicted octanol–water partition coefficient (Wildman–Crippen LogP) is 1.27. The van der Waals surface area contributed by atoms with E-state index in [0.717, 1.165) is 35.6 Å². The first-order valence-electron chi connectivity index (χ1n) is 10.8. The van der Waals surface area contributed by atoms with Crippen LogP contribution in [-0.2, 0) is 11.3 Å². The third-order valence-electron chi connectivity index (χ3n) is 5.18. The van der Waals surface area contributed by atoms with E-state index >= 15 is 0 Å². The molecule has 5 N–H and O–H groups in total. The number of likely N-dealkylation sites (N-methyl/N-ethyl adjacent to an activating group) is 1. The molecule has 0 saturated carbocycles. The minimum atomic E-state index is 0.164. The highest BCUT2D eigenvalue weighted by molar-refractivity contribution is 5.88. The van der Waals surface area contributed by atoms with Crippen LogP contribution in [0.4, 0.5) is 5.82 Å². The van der Waals surface area contributed by atoms with Crippen LogP contribution in [0, 0.1) is 0 Å². The van der Waals surface area contributed by atoms with Gasteiger partial charge in [-0.1, -0.05) is 12.1 Å². The van der Waals surface area contributed by atoms with Crippen molar-refractivity contribution in [1.29, 1.82) is 0 Å². The molecule has 0 unspecified atom stereocenters. The molecule has 33 heavy (non-hydrogen) atoms. The molecule has 2 aromatic heterocycles. The molecule has 1 aliphatic rings. The average Bonchev–Trinajstić information content (AvgIpc) is 2.78. The van der Waals surface area contributed by atoms with Crippen LogP contribution in [0.5, 0.6) is 5.75 Å². The monoisotopic (exact) mass is 450 g/mol. The van der Waals surface area contributed by atoms with Crippen LogP contribution in [0.1, 0.15) is 5.56 Å². The van der Waals surface area contributed by atoms with Gasteiger partial charge in [0.05, 0.1) is 25.3 Å². The maximum atomic E-state index is 9.94. The molecule has 0 amide bonds. The van der Waals surface area contributed by atoms with Gasteiger partial charge in [0.1, 0.15) is 11.3 Å². The fraction of sp³-hybridized carbons (Fsp3) is 0.348. The minimum absolute atomic E-state index is 0.164. The summed E-state index contributed by atoms with van der Waals surface area (Å²) in [7, 11) is 3.90. The van der Waals surface area contributed by atoms with Gasteiger partial charge in [0.15, 0.2) is 11.6 Å². The second-order valence-electron chi connectivity index (χ2n) is 8.35. The van der Waals surface area contributed by atoms with Gasteiger partial charge in [-0.3, -0.25) is 4.98 Å². The lowest BCUT2D eigenvalue weighted by molar-refractivity contribution is 0.122. The fourth-order valence-electron chi connectivity index (χ4n) is 3.78. The van der Waals surface area contributed by atoms with Crippen LogP contribution in [0.2, 0.25) is 0 Å². The second kappa shape index (κ2) is 9.99. The first-order valence-corrected chi connectivity index (χ1v) is 10.8. The second-order valence-corrected chi connectivity index (χ2v) is 8.35. The number of rotatable bonds is 7. The van der Waals surface area contributed by atoms with Crippen molar-refractivity contribution in [2.45, 2.75) is 6.54 Å². The van der Waals surface area contributed by atoms with Gasteiger partial charge in [0, 0.05) is 43.3 Å². The van der Waals surface area contributed by atoms with Gasteiger partial charge in [-0.05, 0) is 37.9 Å². The van der Waals surface area contributed by atoms with Crippen LogP contribution >= 0.6 is 0 Å². The molecule has 0 bridgehead atoms. The molecule has 0 radical (unpaired) electrons. The minimum Gasteiger partial charge on any atom is -0.508 e. The van der Waals surface area contributed by atoms with E-state index in [1.807, 2.05) is 31.1 Å². The fourth-order valence-corrected chi connectivity index (χ4v) is 3.78. The summed E-state index contributed by atoms with van der Waals surface area (Å²) in [6.45, 7) is 3.76. The highest BCUT2D eigenvalue weighted by atomic mass is 16.5. The number of pyridine rings is 1. The van der Waals surface area contributed by atoms with Crippen LogP contribution in [0.3, 0.4) is 0 Å². The first-order chi connectivity index (χ1) is 15.9. The van der Waals surface area contributed by atoms with Crippen molar-refractivity contribution in [3.63, 3.8) is 0 Å². The largest absolute Gasteiger partial charge is 0.508 e. The molecule has 1 aliphatic heterocycles. The first kappa shape index (κ1) is 22.7. The van der Waals surface area contributed by atoms with Crippen molar-refractivity contribution < 1.29 is 9.84 Å². The number of anilines is 1. The van der Waals surface area contributed by atoms with Gasteiger partial charge in [-0.15, -0.1) is 0 Å². The number of nitrogens with two attached hydrogens (primary N) is 2. The number of hydrazine groups is 1. The molecular formula is C23H30N8O2. The van der Waals surface area contributed by atoms with Crippen LogP contribution < -0.4 is 16.5 Å². The summed E-state index contributed by atoms with van der Waals surface area (Å²) in [4.78, 5) is 18.4. The Hall–Kier alpha value is -3.47. The molecule has 1 aromatic carbocycles. The highest BCUT2D eigenvalue weighted by Crippen LogP contribution is 2.28.